The number of hydrogen-bond donors (Lipinski definition) is 1. The van der Waals surface area contributed by atoms with Crippen LogP contribution in [-0.4, -0.2) is 9.67 Å². The Morgan fingerprint density at radius 1 is 1.09 bits per heavy atom. The Kier molecular flexibility index (Phi) is 5.12. The predicted octanol–water partition coefficient (Wildman–Crippen LogP) is 4.93. The third-order valence-corrected chi connectivity index (χ3v) is 7.81. The summed E-state index contributed by atoms with van der Waals surface area (Å²) in [5.74, 6) is -0.221. The number of aromatic hydroxyl groups is 1. The van der Waals surface area contributed by atoms with Gasteiger partial charge in [-0.1, -0.05) is 63.7 Å². The Labute approximate surface area is 206 Å². The Morgan fingerprint density at radius 2 is 1.88 bits per heavy atom. The summed E-state index contributed by atoms with van der Waals surface area (Å²) in [5.41, 5.74) is 5.50. The molecule has 0 spiro atoms. The summed E-state index contributed by atoms with van der Waals surface area (Å²) >= 11 is 4.72. The molecule has 168 valence electrons. The summed E-state index contributed by atoms with van der Waals surface area (Å²) in [6.07, 6.45) is 3.33. The molecule has 0 unspecified atom stereocenters. The molecule has 1 aliphatic carbocycles. The van der Waals surface area contributed by atoms with Crippen molar-refractivity contribution in [2.24, 2.45) is 4.99 Å². The van der Waals surface area contributed by atoms with E-state index in [-0.39, 0.29) is 23.2 Å². The molecular weight excluding hydrogens is 515 g/mol. The first-order valence-corrected chi connectivity index (χ1v) is 12.5. The van der Waals surface area contributed by atoms with Gasteiger partial charge >= 0.3 is 0 Å². The Hall–Kier alpha value is -3.29. The smallest absolute Gasteiger partial charge is 0.271 e. The van der Waals surface area contributed by atoms with Gasteiger partial charge in [-0.25, -0.2) is 9.38 Å². The van der Waals surface area contributed by atoms with E-state index >= 15 is 0 Å². The summed E-state index contributed by atoms with van der Waals surface area (Å²) in [6, 6.07) is 19.3. The maximum atomic E-state index is 13.7. The monoisotopic (exact) mass is 532 g/mol. The Morgan fingerprint density at radius 3 is 2.71 bits per heavy atom. The fraction of sp³-hybridized carbons (Fsp3) is 0.111. The van der Waals surface area contributed by atoms with Gasteiger partial charge < -0.3 is 5.11 Å². The average Bonchev–Trinajstić information content (AvgIpc) is 3.15. The molecule has 0 amide bonds. The van der Waals surface area contributed by atoms with Gasteiger partial charge in [-0.05, 0) is 65.9 Å². The summed E-state index contributed by atoms with van der Waals surface area (Å²) in [4.78, 5) is 19.2. The highest BCUT2D eigenvalue weighted by atomic mass is 79.9. The van der Waals surface area contributed by atoms with E-state index in [9.17, 15) is 14.3 Å². The molecule has 34 heavy (non-hydrogen) atoms. The van der Waals surface area contributed by atoms with Crippen LogP contribution in [0.4, 0.5) is 4.39 Å². The van der Waals surface area contributed by atoms with Crippen LogP contribution in [0, 0.1) is 5.82 Å². The van der Waals surface area contributed by atoms with Crippen molar-refractivity contribution in [2.75, 3.05) is 0 Å². The Bertz CT molecular complexity index is 1670. The normalized spacial score (nSPS) is 17.1. The number of allylic oxidation sites excluding steroid dienone is 1. The number of nitrogens with zero attached hydrogens (tertiary/aromatic N) is 2. The van der Waals surface area contributed by atoms with Crippen molar-refractivity contribution in [2.45, 2.75) is 18.9 Å². The quantitative estimate of drug-likeness (QED) is 0.398. The molecule has 0 radical (unpaired) electrons. The minimum atomic E-state index is -0.363. The number of fused-ring (bicyclic) bond motifs is 3. The summed E-state index contributed by atoms with van der Waals surface area (Å²) < 4.78 is 16.7. The van der Waals surface area contributed by atoms with Crippen LogP contribution in [0.3, 0.4) is 0 Å². The van der Waals surface area contributed by atoms with Crippen LogP contribution in [0.5, 0.6) is 5.75 Å². The molecule has 0 fully saturated rings. The molecule has 4 aromatic rings. The number of phenolic OH excluding ortho intramolecular Hbond substituents is 1. The number of benzene rings is 3. The molecule has 2 heterocycles. The molecule has 1 atom stereocenters. The highest BCUT2D eigenvalue weighted by molar-refractivity contribution is 9.10. The minimum absolute atomic E-state index is 0.0948. The summed E-state index contributed by atoms with van der Waals surface area (Å²) in [7, 11) is 0. The van der Waals surface area contributed by atoms with E-state index in [4.69, 9.17) is 4.99 Å². The lowest BCUT2D eigenvalue weighted by molar-refractivity contribution is 0.474. The largest absolute Gasteiger partial charge is 0.507 e. The number of thiazole rings is 1. The molecule has 7 heteroatoms. The zero-order valence-corrected chi connectivity index (χ0v) is 20.2. The van der Waals surface area contributed by atoms with Gasteiger partial charge in [0.2, 0.25) is 0 Å². The lowest BCUT2D eigenvalue weighted by Gasteiger charge is -2.30. The summed E-state index contributed by atoms with van der Waals surface area (Å²) in [6.45, 7) is 0. The first-order chi connectivity index (χ1) is 16.5. The van der Waals surface area contributed by atoms with E-state index < -0.39 is 0 Å². The minimum Gasteiger partial charge on any atom is -0.507 e. The van der Waals surface area contributed by atoms with E-state index in [0.717, 1.165) is 39.7 Å². The highest BCUT2D eigenvalue weighted by Gasteiger charge is 2.32. The van der Waals surface area contributed by atoms with Crippen molar-refractivity contribution < 1.29 is 9.50 Å². The fourth-order valence-corrected chi connectivity index (χ4v) is 6.12. The molecular formula is C27H18BrFN2O2S. The van der Waals surface area contributed by atoms with Crippen LogP contribution in [0.2, 0.25) is 0 Å². The Balaban J connectivity index is 1.64. The number of halogens is 2. The van der Waals surface area contributed by atoms with Crippen LogP contribution in [0.1, 0.15) is 34.7 Å². The zero-order valence-electron chi connectivity index (χ0n) is 17.8. The van der Waals surface area contributed by atoms with Crippen molar-refractivity contribution >= 4 is 39.0 Å². The SMILES string of the molecule is O=c1/c(=C\c2cc(Br)ccc2O)sc2n1[C@H](c1ccc(F)cc1)C1=C(N=2)c2ccccc2CC1. The second-order valence-corrected chi connectivity index (χ2v) is 10.3. The van der Waals surface area contributed by atoms with Crippen LogP contribution in [-0.2, 0) is 6.42 Å². The molecule has 2 aliphatic rings. The zero-order chi connectivity index (χ0) is 23.4. The number of aromatic nitrogens is 1. The number of rotatable bonds is 2. The van der Waals surface area contributed by atoms with Gasteiger partial charge in [0.25, 0.3) is 5.56 Å². The average molecular weight is 533 g/mol. The van der Waals surface area contributed by atoms with E-state index in [1.807, 2.05) is 12.1 Å². The van der Waals surface area contributed by atoms with Crippen LogP contribution >= 0.6 is 27.3 Å². The van der Waals surface area contributed by atoms with E-state index in [1.54, 1.807) is 41.0 Å². The second kappa shape index (κ2) is 8.18. The number of hydrogen-bond acceptors (Lipinski definition) is 4. The lowest BCUT2D eigenvalue weighted by Crippen LogP contribution is -2.38. The molecule has 0 bridgehead atoms. The van der Waals surface area contributed by atoms with Crippen LogP contribution in [0.15, 0.2) is 86.6 Å². The molecule has 3 aromatic carbocycles. The first kappa shape index (κ1) is 21.3. The van der Waals surface area contributed by atoms with E-state index in [2.05, 4.69) is 28.1 Å². The topological polar surface area (TPSA) is 54.6 Å². The van der Waals surface area contributed by atoms with Gasteiger partial charge in [-0.3, -0.25) is 9.36 Å². The third kappa shape index (κ3) is 3.47. The number of phenols is 1. The van der Waals surface area contributed by atoms with E-state index in [1.165, 1.54) is 29.0 Å². The maximum absolute atomic E-state index is 13.7. The molecule has 0 saturated heterocycles. The van der Waals surface area contributed by atoms with Gasteiger partial charge in [0.1, 0.15) is 11.6 Å². The molecule has 0 saturated carbocycles. The van der Waals surface area contributed by atoms with Crippen molar-refractivity contribution in [3.05, 3.63) is 125 Å². The standard InChI is InChI=1S/C27H18BrFN2O2S/c28-18-8-12-22(32)17(13-18)14-23-26(33)31-25(16-5-9-19(29)10-6-16)21-11-7-15-3-1-2-4-20(15)24(21)30-27(31)34-23/h1-6,8-10,12-14,25,32H,7,11H2/b23-14+/t25-/m1/s1. The van der Waals surface area contributed by atoms with Gasteiger partial charge in [0, 0.05) is 15.6 Å². The molecule has 1 N–H and O–H groups in total. The van der Waals surface area contributed by atoms with Crippen molar-refractivity contribution in [1.82, 2.24) is 4.57 Å². The predicted molar refractivity (Wildman–Crippen MR) is 135 cm³/mol. The number of aryl methyl sites for hydroxylation is 1. The lowest BCUT2D eigenvalue weighted by atomic mass is 9.83. The first-order valence-electron chi connectivity index (χ1n) is 10.9. The molecule has 1 aromatic heterocycles. The summed E-state index contributed by atoms with van der Waals surface area (Å²) in [5, 5.41) is 10.3. The third-order valence-electron chi connectivity index (χ3n) is 6.33. The fourth-order valence-electron chi connectivity index (χ4n) is 4.75. The van der Waals surface area contributed by atoms with Gasteiger partial charge in [-0.15, -0.1) is 0 Å². The molecule has 4 nitrogen and oxygen atoms in total. The van der Waals surface area contributed by atoms with Gasteiger partial charge in [-0.2, -0.15) is 0 Å². The van der Waals surface area contributed by atoms with E-state index in [0.29, 0.717) is 14.9 Å². The second-order valence-electron chi connectivity index (χ2n) is 8.37. The van der Waals surface area contributed by atoms with Crippen molar-refractivity contribution in [3.8, 4) is 5.75 Å². The molecule has 6 rings (SSSR count). The highest BCUT2D eigenvalue weighted by Crippen LogP contribution is 2.41. The molecule has 1 aliphatic heterocycles. The van der Waals surface area contributed by atoms with Crippen molar-refractivity contribution in [1.29, 1.82) is 0 Å². The van der Waals surface area contributed by atoms with Crippen molar-refractivity contribution in [3.63, 3.8) is 0 Å². The van der Waals surface area contributed by atoms with Gasteiger partial charge in [0.15, 0.2) is 4.80 Å². The van der Waals surface area contributed by atoms with Crippen LogP contribution < -0.4 is 14.9 Å². The van der Waals surface area contributed by atoms with Gasteiger partial charge in [0.05, 0.1) is 16.3 Å². The van der Waals surface area contributed by atoms with Crippen LogP contribution in [0.25, 0.3) is 11.8 Å². The maximum Gasteiger partial charge on any atom is 0.271 e.